The summed E-state index contributed by atoms with van der Waals surface area (Å²) >= 11 is 0. The second-order valence-electron chi connectivity index (χ2n) is 4.36. The van der Waals surface area contributed by atoms with Crippen LogP contribution in [0.25, 0.3) is 0 Å². The Balaban J connectivity index is 2.18. The Morgan fingerprint density at radius 3 is 2.56 bits per heavy atom. The maximum absolute atomic E-state index is 5.73. The average Bonchev–Trinajstić information content (AvgIpc) is 3.05. The first-order valence-corrected chi connectivity index (χ1v) is 5.74. The molecule has 94 valence electrons. The highest BCUT2D eigenvalue weighted by Crippen LogP contribution is 2.48. The number of ether oxygens (including phenoxy) is 2. The third-order valence-electron chi connectivity index (χ3n) is 2.99. The van der Waals surface area contributed by atoms with Gasteiger partial charge in [0.1, 0.15) is 0 Å². The van der Waals surface area contributed by atoms with Gasteiger partial charge in [0.2, 0.25) is 0 Å². The molecule has 5 heteroatoms. The highest BCUT2D eigenvalue weighted by molar-refractivity contribution is 5.77. The second-order valence-corrected chi connectivity index (χ2v) is 4.36. The molecule has 16 heavy (non-hydrogen) atoms. The Morgan fingerprint density at radius 1 is 1.31 bits per heavy atom. The van der Waals surface area contributed by atoms with Gasteiger partial charge in [0.25, 0.3) is 0 Å². The zero-order chi connectivity index (χ0) is 11.9. The molecule has 0 bridgehead atoms. The summed E-state index contributed by atoms with van der Waals surface area (Å²) < 4.78 is 10.0. The van der Waals surface area contributed by atoms with E-state index in [-0.39, 0.29) is 0 Å². The summed E-state index contributed by atoms with van der Waals surface area (Å²) in [4.78, 5) is 4.36. The summed E-state index contributed by atoms with van der Waals surface area (Å²) in [6.45, 7) is 2.97. The number of hydrogen-bond donors (Lipinski definition) is 2. The van der Waals surface area contributed by atoms with Gasteiger partial charge in [-0.3, -0.25) is 4.99 Å². The minimum absolute atomic E-state index is 0.365. The van der Waals surface area contributed by atoms with Crippen LogP contribution in [0.5, 0.6) is 0 Å². The van der Waals surface area contributed by atoms with E-state index in [2.05, 4.69) is 10.3 Å². The van der Waals surface area contributed by atoms with Crippen molar-refractivity contribution < 1.29 is 9.47 Å². The van der Waals surface area contributed by atoms with Crippen LogP contribution in [0.15, 0.2) is 4.99 Å². The van der Waals surface area contributed by atoms with Crippen molar-refractivity contribution in [2.75, 3.05) is 40.5 Å². The van der Waals surface area contributed by atoms with Gasteiger partial charge in [0, 0.05) is 33.9 Å². The first kappa shape index (κ1) is 13.3. The molecule has 1 rings (SSSR count). The smallest absolute Gasteiger partial charge is 0.188 e. The lowest BCUT2D eigenvalue weighted by molar-refractivity contribution is 0.174. The Morgan fingerprint density at radius 2 is 2.00 bits per heavy atom. The molecule has 0 unspecified atom stereocenters. The lowest BCUT2D eigenvalue weighted by atomic mass is 10.0. The molecule has 1 aliphatic carbocycles. The molecular weight excluding hydrogens is 206 g/mol. The molecule has 1 fully saturated rings. The van der Waals surface area contributed by atoms with E-state index in [1.165, 1.54) is 12.8 Å². The van der Waals surface area contributed by atoms with Crippen LogP contribution in [0.1, 0.15) is 19.3 Å². The summed E-state index contributed by atoms with van der Waals surface area (Å²) in [6.07, 6.45) is 3.56. The van der Waals surface area contributed by atoms with E-state index in [4.69, 9.17) is 15.2 Å². The van der Waals surface area contributed by atoms with E-state index in [9.17, 15) is 0 Å². The number of nitrogens with two attached hydrogens (primary N) is 1. The fourth-order valence-electron chi connectivity index (χ4n) is 1.57. The topological polar surface area (TPSA) is 68.9 Å². The van der Waals surface area contributed by atoms with Gasteiger partial charge in [-0.15, -0.1) is 0 Å². The second kappa shape index (κ2) is 6.70. The van der Waals surface area contributed by atoms with Crippen molar-refractivity contribution in [3.8, 4) is 0 Å². The van der Waals surface area contributed by atoms with E-state index in [0.717, 1.165) is 19.6 Å². The Labute approximate surface area is 97.4 Å². The molecule has 0 radical (unpaired) electrons. The molecule has 5 nitrogen and oxygen atoms in total. The molecule has 1 aliphatic rings. The van der Waals surface area contributed by atoms with Crippen molar-refractivity contribution in [1.82, 2.24) is 5.32 Å². The SMILES string of the molecule is COCCNC(N)=NCC1(CCOC)CC1. The van der Waals surface area contributed by atoms with Crippen LogP contribution in [0.3, 0.4) is 0 Å². The molecule has 0 aromatic rings. The number of hydrogen-bond acceptors (Lipinski definition) is 3. The van der Waals surface area contributed by atoms with Crippen molar-refractivity contribution in [1.29, 1.82) is 0 Å². The van der Waals surface area contributed by atoms with Gasteiger partial charge in [0.05, 0.1) is 6.61 Å². The van der Waals surface area contributed by atoms with E-state index in [0.29, 0.717) is 24.5 Å². The zero-order valence-electron chi connectivity index (χ0n) is 10.3. The molecule has 0 aromatic carbocycles. The summed E-state index contributed by atoms with van der Waals surface area (Å²) in [5.41, 5.74) is 6.09. The summed E-state index contributed by atoms with van der Waals surface area (Å²) in [7, 11) is 3.40. The zero-order valence-corrected chi connectivity index (χ0v) is 10.3. The number of guanidine groups is 1. The first-order chi connectivity index (χ1) is 7.72. The third kappa shape index (κ3) is 4.81. The highest BCUT2D eigenvalue weighted by Gasteiger charge is 2.41. The Hall–Kier alpha value is -0.810. The standard InChI is InChI=1S/C11H23N3O2/c1-15-7-5-11(3-4-11)9-14-10(12)13-6-8-16-2/h3-9H2,1-2H3,(H3,12,13,14). The number of methoxy groups -OCH3 is 2. The quantitative estimate of drug-likeness (QED) is 0.358. The first-order valence-electron chi connectivity index (χ1n) is 5.74. The van der Waals surface area contributed by atoms with Crippen molar-refractivity contribution >= 4 is 5.96 Å². The minimum Gasteiger partial charge on any atom is -0.385 e. The monoisotopic (exact) mass is 229 g/mol. The molecule has 3 N–H and O–H groups in total. The van der Waals surface area contributed by atoms with Gasteiger partial charge in [0.15, 0.2) is 5.96 Å². The Kier molecular flexibility index (Phi) is 5.55. The minimum atomic E-state index is 0.365. The van der Waals surface area contributed by atoms with Crippen molar-refractivity contribution in [3.05, 3.63) is 0 Å². The van der Waals surface area contributed by atoms with E-state index < -0.39 is 0 Å². The highest BCUT2D eigenvalue weighted by atomic mass is 16.5. The lowest BCUT2D eigenvalue weighted by Gasteiger charge is -2.12. The molecular formula is C11H23N3O2. The van der Waals surface area contributed by atoms with Gasteiger partial charge in [-0.1, -0.05) is 0 Å². The summed E-state index contributed by atoms with van der Waals surface area (Å²) in [6, 6.07) is 0. The van der Waals surface area contributed by atoms with E-state index in [1.807, 2.05) is 0 Å². The van der Waals surface area contributed by atoms with E-state index >= 15 is 0 Å². The van der Waals surface area contributed by atoms with Crippen LogP contribution in [0, 0.1) is 5.41 Å². The fourth-order valence-corrected chi connectivity index (χ4v) is 1.57. The maximum atomic E-state index is 5.73. The molecule has 0 amide bonds. The van der Waals surface area contributed by atoms with Crippen molar-refractivity contribution in [3.63, 3.8) is 0 Å². The van der Waals surface area contributed by atoms with Crippen molar-refractivity contribution in [2.24, 2.45) is 16.1 Å². The average molecular weight is 229 g/mol. The number of nitrogens with one attached hydrogen (secondary N) is 1. The molecule has 0 saturated heterocycles. The van der Waals surface area contributed by atoms with Gasteiger partial charge in [-0.25, -0.2) is 0 Å². The lowest BCUT2D eigenvalue weighted by Crippen LogP contribution is -2.34. The Bertz CT molecular complexity index is 227. The van der Waals surface area contributed by atoms with Crippen LogP contribution in [-0.2, 0) is 9.47 Å². The predicted molar refractivity (Wildman–Crippen MR) is 64.5 cm³/mol. The van der Waals surface area contributed by atoms with Gasteiger partial charge in [-0.2, -0.15) is 0 Å². The maximum Gasteiger partial charge on any atom is 0.188 e. The fraction of sp³-hybridized carbons (Fsp3) is 0.909. The largest absolute Gasteiger partial charge is 0.385 e. The van der Waals surface area contributed by atoms with Crippen LogP contribution in [0.4, 0.5) is 0 Å². The normalized spacial score (nSPS) is 18.5. The number of nitrogens with zero attached hydrogens (tertiary/aromatic N) is 1. The third-order valence-corrected chi connectivity index (χ3v) is 2.99. The molecule has 0 aromatic heterocycles. The molecule has 0 aliphatic heterocycles. The van der Waals surface area contributed by atoms with Gasteiger partial charge < -0.3 is 20.5 Å². The van der Waals surface area contributed by atoms with Gasteiger partial charge in [-0.05, 0) is 24.7 Å². The van der Waals surface area contributed by atoms with Gasteiger partial charge >= 0.3 is 0 Å². The van der Waals surface area contributed by atoms with E-state index in [1.54, 1.807) is 14.2 Å². The van der Waals surface area contributed by atoms with Crippen molar-refractivity contribution in [2.45, 2.75) is 19.3 Å². The van der Waals surface area contributed by atoms with Crippen LogP contribution < -0.4 is 11.1 Å². The molecule has 0 heterocycles. The summed E-state index contributed by atoms with van der Waals surface area (Å²) in [5.74, 6) is 0.515. The van der Waals surface area contributed by atoms with Crippen LogP contribution >= 0.6 is 0 Å². The molecule has 1 saturated carbocycles. The molecule has 0 spiro atoms. The predicted octanol–water partition coefficient (Wildman–Crippen LogP) is 0.354. The van der Waals surface area contributed by atoms with Crippen LogP contribution in [-0.4, -0.2) is 46.5 Å². The molecule has 0 atom stereocenters. The number of rotatable bonds is 8. The van der Waals surface area contributed by atoms with Crippen LogP contribution in [0.2, 0.25) is 0 Å². The summed E-state index contributed by atoms with van der Waals surface area (Å²) in [5, 5.41) is 3.01. The number of aliphatic imine (C=N–C) groups is 1.